The zero-order valence-electron chi connectivity index (χ0n) is 16.2. The molecule has 1 N–H and O–H groups in total. The van der Waals surface area contributed by atoms with Crippen molar-refractivity contribution in [1.29, 1.82) is 0 Å². The molecule has 0 radical (unpaired) electrons. The number of thiophene rings is 1. The van der Waals surface area contributed by atoms with Crippen LogP contribution in [0.2, 0.25) is 0 Å². The maximum atomic E-state index is 12.8. The predicted molar refractivity (Wildman–Crippen MR) is 111 cm³/mol. The fraction of sp³-hybridized carbons (Fsp3) is 0.650. The van der Waals surface area contributed by atoms with Crippen LogP contribution in [0.15, 0.2) is 22.7 Å². The zero-order valence-corrected chi connectivity index (χ0v) is 17.9. The minimum Gasteiger partial charge on any atom is -0.352 e. The summed E-state index contributed by atoms with van der Waals surface area (Å²) in [6.45, 7) is 6.54. The number of carbonyl (C=O) groups excluding carboxylic acids is 1. The van der Waals surface area contributed by atoms with Gasteiger partial charge in [0.15, 0.2) is 11.0 Å². The minimum absolute atomic E-state index is 0.119. The Balaban J connectivity index is 1.45. The number of carbonyl (C=O) groups is 1. The number of rotatable bonds is 6. The molecule has 0 bridgehead atoms. The van der Waals surface area contributed by atoms with Gasteiger partial charge in [0, 0.05) is 12.1 Å². The Kier molecular flexibility index (Phi) is 5.60. The van der Waals surface area contributed by atoms with E-state index in [4.69, 9.17) is 0 Å². The van der Waals surface area contributed by atoms with E-state index >= 15 is 0 Å². The molecular formula is C20H28N4OS2. The quantitative estimate of drug-likeness (QED) is 0.705. The SMILES string of the molecule is C[C@@H]1[C@H](C)CCC[C@H]1NC(=O)[C@@H](C)Sc1nnc(-c2cccs2)n1C1CC1. The first-order chi connectivity index (χ1) is 13.0. The third kappa shape index (κ3) is 4.09. The lowest BCUT2D eigenvalue weighted by Crippen LogP contribution is -2.46. The Morgan fingerprint density at radius 1 is 1.30 bits per heavy atom. The summed E-state index contributed by atoms with van der Waals surface area (Å²) in [6.07, 6.45) is 5.91. The first-order valence-corrected chi connectivity index (χ1v) is 11.8. The topological polar surface area (TPSA) is 59.8 Å². The van der Waals surface area contributed by atoms with Gasteiger partial charge in [-0.3, -0.25) is 9.36 Å². The molecule has 2 aliphatic carbocycles. The van der Waals surface area contributed by atoms with Crippen molar-refractivity contribution in [3.8, 4) is 10.7 Å². The Bertz CT molecular complexity index is 784. The van der Waals surface area contributed by atoms with Crippen LogP contribution >= 0.6 is 23.1 Å². The zero-order chi connectivity index (χ0) is 19.0. The standard InChI is InChI=1S/C20H28N4OS2/c1-12-6-4-7-16(13(12)2)21-19(25)14(3)27-20-23-22-18(17-8-5-11-26-17)24(20)15-9-10-15/h5,8,11-16H,4,6-7,9-10H2,1-3H3,(H,21,25)/t12-,13-,14-,16-/m1/s1. The molecule has 2 aromatic rings. The number of nitrogens with zero attached hydrogens (tertiary/aromatic N) is 3. The van der Waals surface area contributed by atoms with Crippen LogP contribution in [-0.4, -0.2) is 32.0 Å². The van der Waals surface area contributed by atoms with Crippen LogP contribution < -0.4 is 5.32 Å². The van der Waals surface area contributed by atoms with Crippen LogP contribution in [0.1, 0.15) is 58.9 Å². The summed E-state index contributed by atoms with van der Waals surface area (Å²) in [4.78, 5) is 14.0. The lowest BCUT2D eigenvalue weighted by molar-refractivity contribution is -0.121. The van der Waals surface area contributed by atoms with Gasteiger partial charge in [-0.15, -0.1) is 21.5 Å². The van der Waals surface area contributed by atoms with Gasteiger partial charge in [-0.2, -0.15) is 0 Å². The molecule has 2 saturated carbocycles. The molecule has 0 unspecified atom stereocenters. The van der Waals surface area contributed by atoms with E-state index in [0.717, 1.165) is 22.3 Å². The molecule has 0 spiro atoms. The van der Waals surface area contributed by atoms with Gasteiger partial charge in [0.05, 0.1) is 10.1 Å². The first kappa shape index (κ1) is 19.0. The fourth-order valence-electron chi connectivity index (χ4n) is 3.89. The van der Waals surface area contributed by atoms with Gasteiger partial charge in [0.1, 0.15) is 0 Å². The lowest BCUT2D eigenvalue weighted by atomic mass is 9.78. The second-order valence-corrected chi connectivity index (χ2v) is 10.3. The highest BCUT2D eigenvalue weighted by molar-refractivity contribution is 8.00. The van der Waals surface area contributed by atoms with Crippen molar-refractivity contribution in [2.24, 2.45) is 11.8 Å². The molecule has 0 aromatic carbocycles. The monoisotopic (exact) mass is 404 g/mol. The Hall–Kier alpha value is -1.34. The highest BCUT2D eigenvalue weighted by Gasteiger charge is 2.33. The van der Waals surface area contributed by atoms with Crippen LogP contribution in [0.4, 0.5) is 0 Å². The Morgan fingerprint density at radius 3 is 2.81 bits per heavy atom. The third-order valence-corrected chi connectivity index (χ3v) is 7.93. The van der Waals surface area contributed by atoms with E-state index in [1.807, 2.05) is 13.0 Å². The van der Waals surface area contributed by atoms with Crippen LogP contribution in [0, 0.1) is 11.8 Å². The molecule has 146 valence electrons. The number of hydrogen-bond acceptors (Lipinski definition) is 5. The summed E-state index contributed by atoms with van der Waals surface area (Å²) in [5.41, 5.74) is 0. The van der Waals surface area contributed by atoms with Gasteiger partial charge in [0.2, 0.25) is 5.91 Å². The molecule has 2 heterocycles. The van der Waals surface area contributed by atoms with Gasteiger partial charge in [-0.25, -0.2) is 0 Å². The average Bonchev–Trinajstić information content (AvgIpc) is 3.17. The van der Waals surface area contributed by atoms with Crippen molar-refractivity contribution in [1.82, 2.24) is 20.1 Å². The van der Waals surface area contributed by atoms with E-state index in [1.165, 1.54) is 37.4 Å². The maximum Gasteiger partial charge on any atom is 0.233 e. The van der Waals surface area contributed by atoms with E-state index in [1.54, 1.807) is 11.3 Å². The van der Waals surface area contributed by atoms with E-state index in [9.17, 15) is 4.79 Å². The van der Waals surface area contributed by atoms with E-state index in [-0.39, 0.29) is 11.2 Å². The number of thioether (sulfide) groups is 1. The third-order valence-electron chi connectivity index (χ3n) is 6.00. The molecular weight excluding hydrogens is 376 g/mol. The summed E-state index contributed by atoms with van der Waals surface area (Å²) >= 11 is 3.22. The van der Waals surface area contributed by atoms with Crippen molar-refractivity contribution in [2.75, 3.05) is 0 Å². The molecule has 2 aliphatic rings. The predicted octanol–water partition coefficient (Wildman–Crippen LogP) is 4.76. The van der Waals surface area contributed by atoms with Crippen LogP contribution in [-0.2, 0) is 4.79 Å². The summed E-state index contributed by atoms with van der Waals surface area (Å²) < 4.78 is 2.24. The Morgan fingerprint density at radius 2 is 2.11 bits per heavy atom. The highest BCUT2D eigenvalue weighted by Crippen LogP contribution is 2.42. The lowest BCUT2D eigenvalue weighted by Gasteiger charge is -2.35. The molecule has 7 heteroatoms. The largest absolute Gasteiger partial charge is 0.352 e. The molecule has 4 atom stereocenters. The normalized spacial score (nSPS) is 26.7. The van der Waals surface area contributed by atoms with E-state index < -0.39 is 0 Å². The van der Waals surface area contributed by atoms with E-state index in [0.29, 0.717) is 23.9 Å². The molecule has 5 nitrogen and oxygen atoms in total. The molecule has 4 rings (SSSR count). The second-order valence-electron chi connectivity index (χ2n) is 8.03. The van der Waals surface area contributed by atoms with Crippen LogP contribution in [0.5, 0.6) is 0 Å². The highest BCUT2D eigenvalue weighted by atomic mass is 32.2. The van der Waals surface area contributed by atoms with Crippen LogP contribution in [0.3, 0.4) is 0 Å². The summed E-state index contributed by atoms with van der Waals surface area (Å²) in [5.74, 6) is 2.28. The molecule has 0 aliphatic heterocycles. The van der Waals surface area contributed by atoms with Gasteiger partial charge < -0.3 is 5.32 Å². The number of hydrogen-bond donors (Lipinski definition) is 1. The second kappa shape index (κ2) is 7.95. The van der Waals surface area contributed by atoms with Crippen molar-refractivity contribution < 1.29 is 4.79 Å². The fourth-order valence-corrected chi connectivity index (χ4v) is 5.52. The van der Waals surface area contributed by atoms with Gasteiger partial charge in [0.25, 0.3) is 0 Å². The van der Waals surface area contributed by atoms with Crippen molar-refractivity contribution in [2.45, 2.75) is 75.4 Å². The molecule has 2 aromatic heterocycles. The summed E-state index contributed by atoms with van der Waals surface area (Å²) in [7, 11) is 0. The number of nitrogens with one attached hydrogen (secondary N) is 1. The molecule has 1 amide bonds. The van der Waals surface area contributed by atoms with Gasteiger partial charge >= 0.3 is 0 Å². The van der Waals surface area contributed by atoms with Crippen molar-refractivity contribution in [3.05, 3.63) is 17.5 Å². The van der Waals surface area contributed by atoms with Gasteiger partial charge in [-0.05, 0) is 49.5 Å². The van der Waals surface area contributed by atoms with Crippen LogP contribution in [0.25, 0.3) is 10.7 Å². The Labute approximate surface area is 169 Å². The number of aromatic nitrogens is 3. The first-order valence-electron chi connectivity index (χ1n) is 10.0. The number of amides is 1. The van der Waals surface area contributed by atoms with Crippen molar-refractivity contribution in [3.63, 3.8) is 0 Å². The minimum atomic E-state index is -0.174. The smallest absolute Gasteiger partial charge is 0.233 e. The molecule has 0 saturated heterocycles. The summed E-state index contributed by atoms with van der Waals surface area (Å²) in [6, 6.07) is 4.91. The molecule has 2 fully saturated rings. The summed E-state index contributed by atoms with van der Waals surface area (Å²) in [5, 5.41) is 14.9. The van der Waals surface area contributed by atoms with Crippen molar-refractivity contribution >= 4 is 29.0 Å². The van der Waals surface area contributed by atoms with E-state index in [2.05, 4.69) is 45.4 Å². The maximum absolute atomic E-state index is 12.8. The van der Waals surface area contributed by atoms with Gasteiger partial charge in [-0.1, -0.05) is 44.5 Å². The average molecular weight is 405 g/mol. The molecule has 27 heavy (non-hydrogen) atoms.